The van der Waals surface area contributed by atoms with Gasteiger partial charge in [-0.25, -0.2) is 0 Å². The highest BCUT2D eigenvalue weighted by Gasteiger charge is 2.39. The molecule has 1 amide bonds. The number of carbonyl (C=O) groups excluding carboxylic acids is 1. The molecule has 4 heteroatoms. The normalized spacial score (nSPS) is 22.5. The molecule has 1 fully saturated rings. The van der Waals surface area contributed by atoms with Crippen LogP contribution in [0.15, 0.2) is 18.2 Å². The third-order valence-corrected chi connectivity index (χ3v) is 3.71. The molecule has 0 spiro atoms. The van der Waals surface area contributed by atoms with Gasteiger partial charge < -0.3 is 14.8 Å². The van der Waals surface area contributed by atoms with Crippen LogP contribution in [0.4, 0.5) is 0 Å². The number of ether oxygens (including phenoxy) is 2. The van der Waals surface area contributed by atoms with Crippen molar-refractivity contribution in [2.75, 3.05) is 14.2 Å². The van der Waals surface area contributed by atoms with Gasteiger partial charge in [0, 0.05) is 5.92 Å². The number of hydrogen-bond donors (Lipinski definition) is 1. The van der Waals surface area contributed by atoms with Crippen molar-refractivity contribution in [1.29, 1.82) is 0 Å². The zero-order valence-electron chi connectivity index (χ0n) is 11.9. The van der Waals surface area contributed by atoms with E-state index in [4.69, 9.17) is 9.47 Å². The molecule has 2 rings (SSSR count). The highest BCUT2D eigenvalue weighted by atomic mass is 16.5. The fourth-order valence-corrected chi connectivity index (χ4v) is 2.21. The summed E-state index contributed by atoms with van der Waals surface area (Å²) in [7, 11) is 3.22. The van der Waals surface area contributed by atoms with E-state index in [1.54, 1.807) is 14.2 Å². The predicted molar refractivity (Wildman–Crippen MR) is 73.4 cm³/mol. The van der Waals surface area contributed by atoms with Gasteiger partial charge >= 0.3 is 0 Å². The van der Waals surface area contributed by atoms with Gasteiger partial charge in [-0.1, -0.05) is 13.0 Å². The Morgan fingerprint density at radius 1 is 1.32 bits per heavy atom. The van der Waals surface area contributed by atoms with Crippen LogP contribution in [0.25, 0.3) is 0 Å². The minimum atomic E-state index is -0.0277. The maximum Gasteiger partial charge on any atom is 0.223 e. The fraction of sp³-hybridized carbons (Fsp3) is 0.533. The number of methoxy groups -OCH3 is 2. The van der Waals surface area contributed by atoms with Crippen molar-refractivity contribution in [2.24, 2.45) is 11.8 Å². The van der Waals surface area contributed by atoms with Crippen LogP contribution in [0.2, 0.25) is 0 Å². The van der Waals surface area contributed by atoms with E-state index in [0.29, 0.717) is 17.4 Å². The molecule has 0 aromatic heterocycles. The molecule has 0 bridgehead atoms. The fourth-order valence-electron chi connectivity index (χ4n) is 2.21. The summed E-state index contributed by atoms with van der Waals surface area (Å²) in [4.78, 5) is 11.9. The Hall–Kier alpha value is -1.71. The second-order valence-electron chi connectivity index (χ2n) is 5.16. The highest BCUT2D eigenvalue weighted by molar-refractivity contribution is 5.81. The molecule has 1 aromatic carbocycles. The maximum atomic E-state index is 11.9. The molecule has 0 heterocycles. The van der Waals surface area contributed by atoms with Gasteiger partial charge in [-0.3, -0.25) is 4.79 Å². The molecule has 1 N–H and O–H groups in total. The van der Waals surface area contributed by atoms with E-state index in [-0.39, 0.29) is 17.9 Å². The predicted octanol–water partition coefficient (Wildman–Crippen LogP) is 2.54. The number of amides is 1. The lowest BCUT2D eigenvalue weighted by Gasteiger charge is -2.16. The molecule has 0 aliphatic heterocycles. The molecule has 104 valence electrons. The van der Waals surface area contributed by atoms with E-state index in [1.165, 1.54) is 0 Å². The van der Waals surface area contributed by atoms with E-state index in [9.17, 15) is 4.79 Å². The van der Waals surface area contributed by atoms with Gasteiger partial charge in [0.25, 0.3) is 0 Å². The standard InChI is InChI=1S/C15H21NO3/c1-9-7-12(9)15(17)16-10(2)11-5-6-13(18-3)14(8-11)19-4/h5-6,8-10,12H,7H2,1-4H3,(H,16,17)/t9-,10-,12-/m0/s1. The highest BCUT2D eigenvalue weighted by Crippen LogP contribution is 2.38. The summed E-state index contributed by atoms with van der Waals surface area (Å²) < 4.78 is 10.5. The molecular formula is C15H21NO3. The van der Waals surface area contributed by atoms with E-state index in [2.05, 4.69) is 12.2 Å². The van der Waals surface area contributed by atoms with Crippen molar-refractivity contribution < 1.29 is 14.3 Å². The van der Waals surface area contributed by atoms with Crippen LogP contribution >= 0.6 is 0 Å². The Morgan fingerprint density at radius 3 is 2.47 bits per heavy atom. The number of rotatable bonds is 5. The van der Waals surface area contributed by atoms with Gasteiger partial charge in [-0.15, -0.1) is 0 Å². The van der Waals surface area contributed by atoms with Crippen molar-refractivity contribution in [3.05, 3.63) is 23.8 Å². The molecule has 1 aromatic rings. The first-order valence-corrected chi connectivity index (χ1v) is 6.59. The number of hydrogen-bond acceptors (Lipinski definition) is 3. The zero-order chi connectivity index (χ0) is 14.0. The number of carbonyl (C=O) groups is 1. The smallest absolute Gasteiger partial charge is 0.223 e. The summed E-state index contributed by atoms with van der Waals surface area (Å²) in [6.45, 7) is 4.08. The van der Waals surface area contributed by atoms with Gasteiger partial charge in [-0.2, -0.15) is 0 Å². The molecule has 0 saturated heterocycles. The van der Waals surface area contributed by atoms with E-state index in [1.807, 2.05) is 25.1 Å². The summed E-state index contributed by atoms with van der Waals surface area (Å²) in [6, 6.07) is 5.68. The Kier molecular flexibility index (Phi) is 3.98. The molecule has 1 saturated carbocycles. The topological polar surface area (TPSA) is 47.6 Å². The minimum absolute atomic E-state index is 0.0277. The second kappa shape index (κ2) is 5.51. The average Bonchev–Trinajstić information content (AvgIpc) is 3.15. The first kappa shape index (κ1) is 13.7. The molecular weight excluding hydrogens is 242 g/mol. The molecule has 19 heavy (non-hydrogen) atoms. The average molecular weight is 263 g/mol. The van der Waals surface area contributed by atoms with Gasteiger partial charge in [0.15, 0.2) is 11.5 Å². The van der Waals surface area contributed by atoms with Gasteiger partial charge in [0.05, 0.1) is 20.3 Å². The Bertz CT molecular complexity index is 472. The third kappa shape index (κ3) is 3.00. The molecule has 0 unspecified atom stereocenters. The SMILES string of the molecule is COc1ccc([C@H](C)NC(=O)[C@H]2C[C@@H]2C)cc1OC. The third-order valence-electron chi connectivity index (χ3n) is 3.71. The van der Waals surface area contributed by atoms with E-state index < -0.39 is 0 Å². The lowest BCUT2D eigenvalue weighted by atomic mass is 10.1. The summed E-state index contributed by atoms with van der Waals surface area (Å²) in [5.41, 5.74) is 1.01. The van der Waals surface area contributed by atoms with E-state index >= 15 is 0 Å². The van der Waals surface area contributed by atoms with Crippen LogP contribution in [0.3, 0.4) is 0 Å². The molecule has 1 aliphatic carbocycles. The Morgan fingerprint density at radius 2 is 1.95 bits per heavy atom. The van der Waals surface area contributed by atoms with E-state index in [0.717, 1.165) is 12.0 Å². The van der Waals surface area contributed by atoms with Crippen molar-refractivity contribution in [3.8, 4) is 11.5 Å². The lowest BCUT2D eigenvalue weighted by molar-refractivity contribution is -0.123. The van der Waals surface area contributed by atoms with Crippen molar-refractivity contribution in [1.82, 2.24) is 5.32 Å². The van der Waals surface area contributed by atoms with Crippen LogP contribution < -0.4 is 14.8 Å². The maximum absolute atomic E-state index is 11.9. The first-order chi connectivity index (χ1) is 9.06. The van der Waals surface area contributed by atoms with Crippen LogP contribution in [0.1, 0.15) is 31.9 Å². The van der Waals surface area contributed by atoms with Gasteiger partial charge in [0.2, 0.25) is 5.91 Å². The number of nitrogens with one attached hydrogen (secondary N) is 1. The monoisotopic (exact) mass is 263 g/mol. The van der Waals surface area contributed by atoms with Crippen LogP contribution in [0.5, 0.6) is 11.5 Å². The Balaban J connectivity index is 2.06. The largest absolute Gasteiger partial charge is 0.493 e. The van der Waals surface area contributed by atoms with Gasteiger partial charge in [-0.05, 0) is 37.0 Å². The molecule has 4 nitrogen and oxygen atoms in total. The summed E-state index contributed by atoms with van der Waals surface area (Å²) in [5, 5.41) is 3.04. The van der Waals surface area contributed by atoms with Gasteiger partial charge in [0.1, 0.15) is 0 Å². The molecule has 0 radical (unpaired) electrons. The summed E-state index contributed by atoms with van der Waals surface area (Å²) in [6.07, 6.45) is 1.00. The molecule has 3 atom stereocenters. The van der Waals surface area contributed by atoms with Crippen LogP contribution in [-0.2, 0) is 4.79 Å². The first-order valence-electron chi connectivity index (χ1n) is 6.59. The summed E-state index contributed by atoms with van der Waals surface area (Å²) >= 11 is 0. The quantitative estimate of drug-likeness (QED) is 0.888. The van der Waals surface area contributed by atoms with Crippen molar-refractivity contribution in [2.45, 2.75) is 26.3 Å². The minimum Gasteiger partial charge on any atom is -0.493 e. The van der Waals surface area contributed by atoms with Crippen molar-refractivity contribution in [3.63, 3.8) is 0 Å². The summed E-state index contributed by atoms with van der Waals surface area (Å²) in [5.74, 6) is 2.25. The van der Waals surface area contributed by atoms with Crippen LogP contribution in [-0.4, -0.2) is 20.1 Å². The molecule has 1 aliphatic rings. The van der Waals surface area contributed by atoms with Crippen molar-refractivity contribution >= 4 is 5.91 Å². The zero-order valence-corrected chi connectivity index (χ0v) is 11.9. The Labute approximate surface area is 114 Å². The van der Waals surface area contributed by atoms with Crippen LogP contribution in [0, 0.1) is 11.8 Å². The number of benzene rings is 1. The lowest BCUT2D eigenvalue weighted by Crippen LogP contribution is -2.28. The second-order valence-corrected chi connectivity index (χ2v) is 5.16.